The third kappa shape index (κ3) is 4.90. The Morgan fingerprint density at radius 3 is 2.66 bits per heavy atom. The highest BCUT2D eigenvalue weighted by Crippen LogP contribution is 2.32. The van der Waals surface area contributed by atoms with Gasteiger partial charge in [0.05, 0.1) is 25.5 Å². The highest BCUT2D eigenvalue weighted by atomic mass is 32.2. The van der Waals surface area contributed by atoms with Crippen LogP contribution in [0.3, 0.4) is 0 Å². The van der Waals surface area contributed by atoms with Gasteiger partial charge >= 0.3 is 0 Å². The summed E-state index contributed by atoms with van der Waals surface area (Å²) < 4.78 is 21.7. The van der Waals surface area contributed by atoms with E-state index in [2.05, 4.69) is 31.2 Å². The number of para-hydroxylation sites is 2. The van der Waals surface area contributed by atoms with Gasteiger partial charge in [-0.05, 0) is 39.0 Å². The number of ketones is 1. The Kier molecular flexibility index (Phi) is 7.01. The van der Waals surface area contributed by atoms with Gasteiger partial charge in [-0.2, -0.15) is 0 Å². The van der Waals surface area contributed by atoms with Gasteiger partial charge < -0.3 is 23.7 Å². The highest BCUT2D eigenvalue weighted by Gasteiger charge is 2.25. The van der Waals surface area contributed by atoms with Gasteiger partial charge in [0, 0.05) is 36.6 Å². The van der Waals surface area contributed by atoms with Crippen LogP contribution >= 0.6 is 11.8 Å². The summed E-state index contributed by atoms with van der Waals surface area (Å²) in [5, 5.41) is 9.54. The number of fused-ring (bicyclic) bond motifs is 1. The fraction of sp³-hybridized carbons (Fsp3) is 0.480. The molecule has 4 heterocycles. The molecular weight excluding hydrogens is 466 g/mol. The number of aromatic nitrogens is 4. The van der Waals surface area contributed by atoms with Gasteiger partial charge in [0.25, 0.3) is 0 Å². The van der Waals surface area contributed by atoms with Gasteiger partial charge in [0.1, 0.15) is 6.61 Å². The minimum absolute atomic E-state index is 0.0825. The van der Waals surface area contributed by atoms with E-state index in [4.69, 9.17) is 14.2 Å². The first-order valence-corrected chi connectivity index (χ1v) is 13.0. The molecule has 0 N–H and O–H groups in total. The van der Waals surface area contributed by atoms with Gasteiger partial charge in [-0.3, -0.25) is 9.36 Å². The summed E-state index contributed by atoms with van der Waals surface area (Å²) in [7, 11) is 0. The van der Waals surface area contributed by atoms with Crippen LogP contribution in [0, 0.1) is 13.8 Å². The average Bonchev–Trinajstić information content (AvgIpc) is 3.43. The predicted octanol–water partition coefficient (Wildman–Crippen LogP) is 3.37. The predicted molar refractivity (Wildman–Crippen MR) is 134 cm³/mol. The normalized spacial score (nSPS) is 17.6. The molecule has 2 aliphatic rings. The standard InChI is InChI=1S/C25H31N5O4S/c1-4-29-24(28-9-11-32-12-10-28)26-27-25(29)35-16-21(31)20-13-17(2)30(18(20)3)14-19-15-33-22-7-5-6-8-23(22)34-19/h5-8,13,19H,4,9-12,14-16H2,1-3H3/t19-/m0/s1. The number of carbonyl (C=O) groups excluding carboxylic acids is 1. The van der Waals surface area contributed by atoms with E-state index in [9.17, 15) is 4.79 Å². The molecule has 1 fully saturated rings. The molecule has 0 aliphatic carbocycles. The number of nitrogens with zero attached hydrogens (tertiary/aromatic N) is 5. The van der Waals surface area contributed by atoms with Crippen molar-refractivity contribution < 1.29 is 19.0 Å². The molecule has 35 heavy (non-hydrogen) atoms. The first-order chi connectivity index (χ1) is 17.0. The summed E-state index contributed by atoms with van der Waals surface area (Å²) >= 11 is 1.44. The van der Waals surface area contributed by atoms with E-state index < -0.39 is 0 Å². The molecule has 2 aromatic heterocycles. The molecule has 0 unspecified atom stereocenters. The first kappa shape index (κ1) is 23.7. The fourth-order valence-corrected chi connectivity index (χ4v) is 5.47. The number of Topliss-reactive ketones (excluding diaryl/α,β-unsaturated/α-hetero) is 1. The van der Waals surface area contributed by atoms with Crippen LogP contribution in [0.15, 0.2) is 35.5 Å². The first-order valence-electron chi connectivity index (χ1n) is 12.0. The van der Waals surface area contributed by atoms with E-state index in [1.165, 1.54) is 11.8 Å². The monoisotopic (exact) mass is 497 g/mol. The molecule has 0 radical (unpaired) electrons. The van der Waals surface area contributed by atoms with Crippen molar-refractivity contribution >= 4 is 23.5 Å². The summed E-state index contributed by atoms with van der Waals surface area (Å²) in [6.07, 6.45) is -0.117. The molecule has 2 aliphatic heterocycles. The molecule has 1 saturated heterocycles. The number of rotatable bonds is 8. The molecule has 3 aromatic rings. The Morgan fingerprint density at radius 1 is 1.11 bits per heavy atom. The van der Waals surface area contributed by atoms with Gasteiger partial charge in [-0.1, -0.05) is 23.9 Å². The minimum atomic E-state index is -0.117. The molecule has 5 rings (SSSR count). The maximum absolute atomic E-state index is 13.2. The number of morpholine rings is 1. The number of carbonyl (C=O) groups is 1. The molecule has 9 nitrogen and oxygen atoms in total. The second-order valence-electron chi connectivity index (χ2n) is 8.73. The van der Waals surface area contributed by atoms with Crippen molar-refractivity contribution in [2.45, 2.75) is 45.1 Å². The molecule has 186 valence electrons. The van der Waals surface area contributed by atoms with Crippen LogP contribution in [0.5, 0.6) is 11.5 Å². The van der Waals surface area contributed by atoms with Crippen molar-refractivity contribution in [1.29, 1.82) is 0 Å². The van der Waals surface area contributed by atoms with Crippen LogP contribution in [-0.2, 0) is 17.8 Å². The topological polar surface area (TPSA) is 83.6 Å². The van der Waals surface area contributed by atoms with Gasteiger partial charge in [-0.25, -0.2) is 0 Å². The number of hydrogen-bond acceptors (Lipinski definition) is 8. The van der Waals surface area contributed by atoms with E-state index in [1.54, 1.807) is 0 Å². The van der Waals surface area contributed by atoms with Crippen molar-refractivity contribution in [2.24, 2.45) is 0 Å². The highest BCUT2D eigenvalue weighted by molar-refractivity contribution is 7.99. The van der Waals surface area contributed by atoms with Gasteiger partial charge in [0.15, 0.2) is 28.5 Å². The van der Waals surface area contributed by atoms with Crippen molar-refractivity contribution in [2.75, 3.05) is 43.6 Å². The minimum Gasteiger partial charge on any atom is -0.486 e. The lowest BCUT2D eigenvalue weighted by Gasteiger charge is -2.27. The molecule has 0 saturated carbocycles. The Hall–Kier alpha value is -2.98. The third-order valence-corrected chi connectivity index (χ3v) is 7.43. The van der Waals surface area contributed by atoms with Crippen molar-refractivity contribution in [1.82, 2.24) is 19.3 Å². The van der Waals surface area contributed by atoms with Crippen LogP contribution in [0.2, 0.25) is 0 Å². The zero-order valence-electron chi connectivity index (χ0n) is 20.4. The van der Waals surface area contributed by atoms with Crippen LogP contribution in [0.4, 0.5) is 5.95 Å². The van der Waals surface area contributed by atoms with E-state index in [-0.39, 0.29) is 11.9 Å². The van der Waals surface area contributed by atoms with Crippen molar-refractivity contribution in [3.05, 3.63) is 47.3 Å². The molecule has 10 heteroatoms. The lowest BCUT2D eigenvalue weighted by molar-refractivity contribution is 0.0777. The fourth-order valence-electron chi connectivity index (χ4n) is 4.59. The quantitative estimate of drug-likeness (QED) is 0.346. The zero-order chi connectivity index (χ0) is 24.4. The smallest absolute Gasteiger partial charge is 0.228 e. The zero-order valence-corrected chi connectivity index (χ0v) is 21.2. The third-order valence-electron chi connectivity index (χ3n) is 6.47. The number of anilines is 1. The second kappa shape index (κ2) is 10.3. The number of benzene rings is 1. The number of aryl methyl sites for hydroxylation is 1. The van der Waals surface area contributed by atoms with E-state index in [0.717, 1.165) is 59.2 Å². The molecule has 1 atom stereocenters. The molecule has 1 aromatic carbocycles. The Balaban J connectivity index is 1.25. The summed E-state index contributed by atoms with van der Waals surface area (Å²) in [4.78, 5) is 15.4. The van der Waals surface area contributed by atoms with E-state index in [1.807, 2.05) is 44.2 Å². The van der Waals surface area contributed by atoms with E-state index in [0.29, 0.717) is 32.1 Å². The maximum atomic E-state index is 13.2. The Bertz CT molecular complexity index is 1200. The Labute approximate surface area is 209 Å². The number of ether oxygens (including phenoxy) is 3. The van der Waals surface area contributed by atoms with Crippen molar-refractivity contribution in [3.8, 4) is 11.5 Å². The van der Waals surface area contributed by atoms with Gasteiger partial charge in [0.2, 0.25) is 5.95 Å². The van der Waals surface area contributed by atoms with Gasteiger partial charge in [-0.15, -0.1) is 10.2 Å². The van der Waals surface area contributed by atoms with Crippen LogP contribution in [-0.4, -0.2) is 69.9 Å². The summed E-state index contributed by atoms with van der Waals surface area (Å²) in [5.41, 5.74) is 2.72. The number of hydrogen-bond donors (Lipinski definition) is 0. The van der Waals surface area contributed by atoms with Crippen LogP contribution in [0.25, 0.3) is 0 Å². The largest absolute Gasteiger partial charge is 0.486 e. The van der Waals surface area contributed by atoms with Crippen LogP contribution < -0.4 is 14.4 Å². The summed E-state index contributed by atoms with van der Waals surface area (Å²) in [6, 6.07) is 9.68. The summed E-state index contributed by atoms with van der Waals surface area (Å²) in [6.45, 7) is 10.9. The van der Waals surface area contributed by atoms with E-state index >= 15 is 0 Å². The molecule has 0 bridgehead atoms. The lowest BCUT2D eigenvalue weighted by atomic mass is 10.2. The number of thioether (sulfide) groups is 1. The summed E-state index contributed by atoms with van der Waals surface area (Å²) in [5.74, 6) is 2.77. The molecule has 0 spiro atoms. The lowest BCUT2D eigenvalue weighted by Crippen LogP contribution is -2.38. The molecular formula is C25H31N5O4S. The maximum Gasteiger partial charge on any atom is 0.228 e. The second-order valence-corrected chi connectivity index (χ2v) is 9.67. The van der Waals surface area contributed by atoms with Crippen molar-refractivity contribution in [3.63, 3.8) is 0 Å². The average molecular weight is 498 g/mol. The van der Waals surface area contributed by atoms with Crippen LogP contribution in [0.1, 0.15) is 28.7 Å². The Morgan fingerprint density at radius 2 is 1.89 bits per heavy atom. The molecule has 0 amide bonds. The SMILES string of the molecule is CCn1c(SCC(=O)c2cc(C)n(C[C@H]3COc4ccccc4O3)c2C)nnc1N1CCOCC1.